The van der Waals surface area contributed by atoms with E-state index in [1.165, 1.54) is 0 Å². The molecule has 0 saturated heterocycles. The average molecular weight is 1450 g/mol. The Morgan fingerprint density at radius 3 is 1.44 bits per heavy atom. The summed E-state index contributed by atoms with van der Waals surface area (Å²) in [6, 6.07) is 72.6. The Morgan fingerprint density at radius 1 is 0.463 bits per heavy atom. The van der Waals surface area contributed by atoms with E-state index in [1.807, 2.05) is 231 Å². The van der Waals surface area contributed by atoms with Crippen LogP contribution in [-0.2, 0) is 57.7 Å². The smallest absolute Gasteiger partial charge is 0.412 e. The number of benzene rings is 9. The fourth-order valence-electron chi connectivity index (χ4n) is 15.0. The number of ether oxygens (including phenoxy) is 3. The Hall–Kier alpha value is -12.7. The summed E-state index contributed by atoms with van der Waals surface area (Å²) in [7, 11) is 0. The second-order valence-electron chi connectivity index (χ2n) is 28.1. The number of anilines is 3. The molecule has 544 valence electrons. The number of aromatic nitrogens is 3. The molecule has 5 unspecified atom stereocenters. The van der Waals surface area contributed by atoms with Crippen LogP contribution in [-0.4, -0.2) is 72.4 Å². The zero-order chi connectivity index (χ0) is 75.0. The van der Waals surface area contributed by atoms with Crippen molar-refractivity contribution in [3.63, 3.8) is 0 Å². The molecule has 12 aromatic rings. The number of nitrogens with zero attached hydrogens (tertiary/aromatic N) is 3. The Labute approximate surface area is 621 Å². The molecule has 3 aromatic heterocycles. The monoisotopic (exact) mass is 1440 g/mol. The number of rotatable bonds is 27. The Kier molecular flexibility index (Phi) is 19.3. The van der Waals surface area contributed by atoms with Crippen molar-refractivity contribution in [1.82, 2.24) is 15.5 Å². The highest BCUT2D eigenvalue weighted by Crippen LogP contribution is 2.59. The number of hydrogen-bond donors (Lipinski definition) is 7. The van der Waals surface area contributed by atoms with Crippen molar-refractivity contribution in [2.75, 3.05) is 16.0 Å². The molecule has 0 spiro atoms. The summed E-state index contributed by atoms with van der Waals surface area (Å²) in [6.07, 6.45) is -2.87. The van der Waals surface area contributed by atoms with Crippen LogP contribution in [0.15, 0.2) is 250 Å². The van der Waals surface area contributed by atoms with E-state index in [9.17, 15) is 44.4 Å². The third kappa shape index (κ3) is 14.0. The first-order valence-electron chi connectivity index (χ1n) is 35.8. The largest absolute Gasteiger partial charge is 0.481 e. The molecule has 8 atom stereocenters. The zero-order valence-electron chi connectivity index (χ0n) is 59.3. The predicted molar refractivity (Wildman–Crippen MR) is 403 cm³/mol. The van der Waals surface area contributed by atoms with Crippen molar-refractivity contribution in [3.05, 3.63) is 287 Å². The molecule has 3 heterocycles. The number of amides is 2. The highest BCUT2D eigenvalue weighted by Gasteiger charge is 2.63. The molecule has 21 heteroatoms. The van der Waals surface area contributed by atoms with Crippen molar-refractivity contribution in [2.45, 2.75) is 107 Å². The maximum absolute atomic E-state index is 14.0. The van der Waals surface area contributed by atoms with E-state index in [4.69, 9.17) is 27.8 Å². The summed E-state index contributed by atoms with van der Waals surface area (Å²) >= 11 is 0. The number of aryl methyl sites for hydroxylation is 1. The van der Waals surface area contributed by atoms with Gasteiger partial charge in [-0.1, -0.05) is 240 Å². The minimum Gasteiger partial charge on any atom is -0.481 e. The maximum atomic E-state index is 14.0. The lowest BCUT2D eigenvalue weighted by Gasteiger charge is -2.20. The summed E-state index contributed by atoms with van der Waals surface area (Å²) in [6.45, 7) is 7.07. The first-order valence-corrected chi connectivity index (χ1v) is 35.8. The fourth-order valence-corrected chi connectivity index (χ4v) is 15.0. The van der Waals surface area contributed by atoms with Gasteiger partial charge in [-0.25, -0.2) is 9.59 Å². The summed E-state index contributed by atoms with van der Waals surface area (Å²) in [5.41, 5.74) is 9.11. The summed E-state index contributed by atoms with van der Waals surface area (Å²) < 4.78 is 35.6. The fraction of sp³-hybridized carbons (Fsp3) is 0.218. The van der Waals surface area contributed by atoms with Crippen molar-refractivity contribution >= 4 is 47.2 Å². The van der Waals surface area contributed by atoms with Crippen LogP contribution in [0.5, 0.6) is 0 Å². The van der Waals surface area contributed by atoms with Crippen LogP contribution in [0.1, 0.15) is 115 Å². The number of aliphatic hydroxyl groups excluding tert-OH is 1. The van der Waals surface area contributed by atoms with Crippen LogP contribution in [0.2, 0.25) is 0 Å². The number of carbonyl (C=O) groups is 5. The van der Waals surface area contributed by atoms with Gasteiger partial charge >= 0.3 is 30.1 Å². The van der Waals surface area contributed by atoms with Crippen LogP contribution < -0.4 is 16.0 Å². The van der Waals surface area contributed by atoms with Gasteiger partial charge in [0, 0.05) is 23.1 Å². The second kappa shape index (κ2) is 29.3. The van der Waals surface area contributed by atoms with Crippen molar-refractivity contribution < 1.29 is 72.2 Å². The van der Waals surface area contributed by atoms with Gasteiger partial charge in [-0.3, -0.25) is 25.0 Å². The van der Waals surface area contributed by atoms with Gasteiger partial charge in [-0.2, -0.15) is 0 Å². The number of hydrogen-bond acceptors (Lipinski definition) is 16. The van der Waals surface area contributed by atoms with Crippen molar-refractivity contribution in [2.24, 2.45) is 11.8 Å². The quantitative estimate of drug-likeness (QED) is 0.0235. The molecule has 9 aromatic carbocycles. The number of carbonyl (C=O) groups excluding carboxylic acids is 2. The van der Waals surface area contributed by atoms with Crippen molar-refractivity contribution in [3.8, 4) is 67.3 Å². The average Bonchev–Trinajstić information content (AvgIpc) is 1.57. The molecular formula is C87H76N6O15. The van der Waals surface area contributed by atoms with Gasteiger partial charge in [0.1, 0.15) is 46.4 Å². The van der Waals surface area contributed by atoms with Gasteiger partial charge in [0.05, 0.1) is 22.3 Å². The van der Waals surface area contributed by atoms with Gasteiger partial charge < -0.3 is 53.5 Å². The van der Waals surface area contributed by atoms with E-state index in [1.54, 1.807) is 32.9 Å². The van der Waals surface area contributed by atoms with E-state index < -0.39 is 82.9 Å². The third-order valence-corrected chi connectivity index (χ3v) is 21.5. The number of nitrogens with one attached hydrogen (secondary N) is 3. The normalized spacial score (nSPS) is 18.5. The Balaban J connectivity index is 0.668. The topological polar surface area (TPSA) is 308 Å². The van der Waals surface area contributed by atoms with Crippen LogP contribution in [0.25, 0.3) is 67.3 Å². The molecule has 108 heavy (non-hydrogen) atoms. The number of carboxylic acid groups (broad SMARTS) is 3. The van der Waals surface area contributed by atoms with Crippen LogP contribution in [0, 0.1) is 18.8 Å². The molecule has 0 bridgehead atoms. The molecule has 3 saturated carbocycles. The Morgan fingerprint density at radius 2 is 0.917 bits per heavy atom. The van der Waals surface area contributed by atoms with E-state index in [0.29, 0.717) is 69.2 Å². The SMILES string of the molecule is Cc1noc(-c2ccc(-c3cccc(C4(C(=O)O)CC4Cc4onc(-c5ccc(-c6cccc(C7(C(=O)O)CC7Cc7noc(-c8ccc(-c9ccccc9C9(C(=O)O)CC9)cc8)c7NC(O)O[C@H](C)c7ccccc7)c6)cc5)c4NC(=O)O[C@H](C)c4ccccc4)c3)cc2)c1NC(=O)O[C@H](C)c1ccccc1. The van der Waals surface area contributed by atoms with Crippen LogP contribution >= 0.6 is 0 Å². The molecule has 15 rings (SSSR count). The van der Waals surface area contributed by atoms with Gasteiger partial charge in [-0.05, 0) is 151 Å². The third-order valence-electron chi connectivity index (χ3n) is 21.5. The van der Waals surface area contributed by atoms with Crippen molar-refractivity contribution in [1.29, 1.82) is 0 Å². The molecular weight excluding hydrogens is 1370 g/mol. The first-order chi connectivity index (χ1) is 52.3. The summed E-state index contributed by atoms with van der Waals surface area (Å²) in [4.78, 5) is 67.0. The zero-order valence-corrected chi connectivity index (χ0v) is 59.3. The van der Waals surface area contributed by atoms with E-state index >= 15 is 0 Å². The lowest BCUT2D eigenvalue weighted by molar-refractivity contribution is -0.141. The summed E-state index contributed by atoms with van der Waals surface area (Å²) in [5, 5.41) is 66.1. The van der Waals surface area contributed by atoms with Gasteiger partial charge in [0.2, 0.25) is 6.41 Å². The van der Waals surface area contributed by atoms with Gasteiger partial charge in [0.15, 0.2) is 17.3 Å². The molecule has 2 amide bonds. The van der Waals surface area contributed by atoms with E-state index in [2.05, 4.69) is 31.4 Å². The number of aliphatic hydroxyl groups is 1. The van der Waals surface area contributed by atoms with Gasteiger partial charge in [-0.15, -0.1) is 0 Å². The molecule has 0 radical (unpaired) electrons. The lowest BCUT2D eigenvalue weighted by atomic mass is 9.88. The molecule has 3 aliphatic carbocycles. The highest BCUT2D eigenvalue weighted by molar-refractivity contribution is 5.94. The molecule has 3 aliphatic rings. The standard InChI is InChI=1S/C87H76N6O15/c1-50-73(88-82(100)103-51(2)54-18-8-5-9-19-54)77(107-91-50)61-38-32-58(33-39-61)64-25-17-27-66(45-64)87(81(98)99)49-68(87)47-72-76(90-84(102)105-53(4)56-22-12-7-13-23-56)74(93-106-72)60-36-30-57(31-37-60)63-24-16-26-65(44-63)86(80(96)97)48-67(86)46-71-75(89-83(101)104-52(3)55-20-10-6-11-21-55)78(108-92-71)62-40-34-59(35-41-62)69-28-14-15-29-70(69)85(42-43-85)79(94)95/h5-41,44-45,51-53,67-68,83,89,101H,42-43,46-49H2,1-4H3,(H,88,100)(H,90,102)(H,94,95)(H,96,97)(H,98,99)/t51-,52-,53-,67?,68?,83?,86?,87?/m1/s1. The molecule has 0 aliphatic heterocycles. The van der Waals surface area contributed by atoms with E-state index in [0.717, 1.165) is 55.6 Å². The molecule has 7 N–H and O–H groups in total. The lowest BCUT2D eigenvalue weighted by Crippen LogP contribution is -2.25. The second-order valence-corrected chi connectivity index (χ2v) is 28.1. The highest BCUT2D eigenvalue weighted by atomic mass is 16.6. The van der Waals surface area contributed by atoms with Crippen LogP contribution in [0.3, 0.4) is 0 Å². The minimum absolute atomic E-state index is 0.0773. The maximum Gasteiger partial charge on any atom is 0.412 e. The Bertz CT molecular complexity index is 5330. The van der Waals surface area contributed by atoms with E-state index in [-0.39, 0.29) is 48.6 Å². The number of aliphatic carboxylic acids is 3. The summed E-state index contributed by atoms with van der Waals surface area (Å²) in [5.74, 6) is -3.02. The molecule has 3 fully saturated rings. The minimum atomic E-state index is -1.55. The molecule has 21 nitrogen and oxygen atoms in total. The van der Waals surface area contributed by atoms with Gasteiger partial charge in [0.25, 0.3) is 0 Å². The van der Waals surface area contributed by atoms with Crippen LogP contribution in [0.4, 0.5) is 26.7 Å². The predicted octanol–water partition coefficient (Wildman–Crippen LogP) is 18.3. The number of carboxylic acids is 3. The first kappa shape index (κ1) is 70.9.